The number of benzene rings is 1. The zero-order chi connectivity index (χ0) is 21.4. The van der Waals surface area contributed by atoms with Crippen molar-refractivity contribution in [3.8, 4) is 28.7 Å². The second-order valence-corrected chi connectivity index (χ2v) is 7.50. The molecular formula is C21H22BN7O2. The van der Waals surface area contributed by atoms with Gasteiger partial charge in [0.25, 0.3) is 0 Å². The van der Waals surface area contributed by atoms with E-state index in [2.05, 4.69) is 31.2 Å². The quantitative estimate of drug-likeness (QED) is 0.458. The minimum atomic E-state index is 0.488. The lowest BCUT2D eigenvalue weighted by Crippen LogP contribution is -2.36. The van der Waals surface area contributed by atoms with Crippen LogP contribution in [-0.2, 0) is 19.5 Å². The predicted molar refractivity (Wildman–Crippen MR) is 117 cm³/mol. The van der Waals surface area contributed by atoms with E-state index in [1.165, 1.54) is 5.56 Å². The van der Waals surface area contributed by atoms with Gasteiger partial charge in [-0.15, -0.1) is 0 Å². The van der Waals surface area contributed by atoms with E-state index in [9.17, 15) is 0 Å². The average molecular weight is 415 g/mol. The largest absolute Gasteiger partial charge is 0.497 e. The van der Waals surface area contributed by atoms with Crippen LogP contribution in [0.2, 0.25) is 0 Å². The minimum Gasteiger partial charge on any atom is -0.497 e. The molecule has 2 radical (unpaired) electrons. The summed E-state index contributed by atoms with van der Waals surface area (Å²) in [5.41, 5.74) is 10.2. The van der Waals surface area contributed by atoms with Crippen molar-refractivity contribution in [2.45, 2.75) is 19.5 Å². The lowest BCUT2D eigenvalue weighted by molar-refractivity contribution is 0.241. The molecule has 1 aliphatic heterocycles. The summed E-state index contributed by atoms with van der Waals surface area (Å²) in [4.78, 5) is 6.82. The van der Waals surface area contributed by atoms with Gasteiger partial charge in [-0.05, 0) is 35.7 Å². The summed E-state index contributed by atoms with van der Waals surface area (Å²) < 4.78 is 12.5. The number of furan rings is 1. The molecule has 10 heteroatoms. The van der Waals surface area contributed by atoms with Crippen molar-refractivity contribution in [1.29, 1.82) is 0 Å². The Kier molecular flexibility index (Phi) is 4.99. The fourth-order valence-corrected chi connectivity index (χ4v) is 3.95. The Hall–Kier alpha value is -3.53. The van der Waals surface area contributed by atoms with E-state index in [4.69, 9.17) is 22.7 Å². The van der Waals surface area contributed by atoms with Gasteiger partial charge in [0.1, 0.15) is 19.4 Å². The van der Waals surface area contributed by atoms with Gasteiger partial charge in [0, 0.05) is 19.6 Å². The third-order valence-corrected chi connectivity index (χ3v) is 5.70. The Morgan fingerprint density at radius 2 is 2.19 bits per heavy atom. The first kappa shape index (κ1) is 19.4. The van der Waals surface area contributed by atoms with Crippen LogP contribution < -0.4 is 15.9 Å². The third kappa shape index (κ3) is 3.59. The molecular weight excluding hydrogens is 393 g/mol. The van der Waals surface area contributed by atoms with Crippen LogP contribution in [-0.4, -0.2) is 57.9 Å². The topological polar surface area (TPSA) is 111 Å². The number of aromatic nitrogens is 5. The molecule has 0 bridgehead atoms. The number of fused-ring (bicyclic) bond motifs is 1. The number of H-pyrrole nitrogens is 1. The van der Waals surface area contributed by atoms with E-state index >= 15 is 0 Å². The predicted octanol–water partition coefficient (Wildman–Crippen LogP) is 1.37. The molecule has 4 heterocycles. The Labute approximate surface area is 180 Å². The minimum absolute atomic E-state index is 0.488. The number of nitrogen functional groups attached to an aromatic ring is 1. The number of nitrogens with two attached hydrogens (primary N) is 1. The zero-order valence-corrected chi connectivity index (χ0v) is 17.2. The smallest absolute Gasteiger partial charge is 0.192 e. The Morgan fingerprint density at radius 1 is 1.29 bits per heavy atom. The van der Waals surface area contributed by atoms with Crippen LogP contribution in [0.5, 0.6) is 5.75 Å². The molecule has 31 heavy (non-hydrogen) atoms. The highest BCUT2D eigenvalue weighted by atomic mass is 16.5. The molecule has 4 aromatic rings. The van der Waals surface area contributed by atoms with Gasteiger partial charge < -0.3 is 14.9 Å². The van der Waals surface area contributed by atoms with Gasteiger partial charge in [0.15, 0.2) is 17.4 Å². The van der Waals surface area contributed by atoms with Crippen molar-refractivity contribution >= 4 is 19.1 Å². The molecule has 0 atom stereocenters. The number of hydrogen-bond donors (Lipinski definition) is 2. The van der Waals surface area contributed by atoms with Crippen LogP contribution in [0.15, 0.2) is 41.1 Å². The van der Waals surface area contributed by atoms with E-state index in [1.54, 1.807) is 30.3 Å². The van der Waals surface area contributed by atoms with Gasteiger partial charge in [-0.2, -0.15) is 10.2 Å². The number of nitrogens with zero attached hydrogens (tertiary/aromatic N) is 5. The van der Waals surface area contributed by atoms with Gasteiger partial charge in [-0.25, -0.2) is 9.67 Å². The highest BCUT2D eigenvalue weighted by molar-refractivity contribution is 6.35. The molecule has 0 saturated heterocycles. The molecule has 5 rings (SSSR count). The van der Waals surface area contributed by atoms with Crippen molar-refractivity contribution in [1.82, 2.24) is 29.9 Å². The summed E-state index contributed by atoms with van der Waals surface area (Å²) in [5.74, 6) is 2.91. The molecule has 3 N–H and O–H groups in total. The molecule has 0 spiro atoms. The van der Waals surface area contributed by atoms with Crippen molar-refractivity contribution in [3.63, 3.8) is 0 Å². The molecule has 0 saturated carbocycles. The highest BCUT2D eigenvalue weighted by Gasteiger charge is 2.20. The zero-order valence-electron chi connectivity index (χ0n) is 17.2. The van der Waals surface area contributed by atoms with Crippen molar-refractivity contribution in [2.24, 2.45) is 0 Å². The Balaban J connectivity index is 1.28. The van der Waals surface area contributed by atoms with E-state index in [0.717, 1.165) is 42.8 Å². The highest BCUT2D eigenvalue weighted by Crippen LogP contribution is 2.25. The van der Waals surface area contributed by atoms with Gasteiger partial charge in [0.05, 0.1) is 31.7 Å². The summed E-state index contributed by atoms with van der Waals surface area (Å²) >= 11 is 0. The number of nitrogens with one attached hydrogen (secondary N) is 1. The van der Waals surface area contributed by atoms with Crippen LogP contribution in [0.3, 0.4) is 0 Å². The summed E-state index contributed by atoms with van der Waals surface area (Å²) in [6.45, 7) is 3.19. The van der Waals surface area contributed by atoms with Gasteiger partial charge in [-0.3, -0.25) is 10.00 Å². The Morgan fingerprint density at radius 3 is 3.00 bits per heavy atom. The van der Waals surface area contributed by atoms with Crippen LogP contribution >= 0.6 is 0 Å². The maximum absolute atomic E-state index is 6.35. The first-order chi connectivity index (χ1) is 15.1. The monoisotopic (exact) mass is 415 g/mol. The first-order valence-corrected chi connectivity index (χ1v) is 10.1. The molecule has 1 aromatic carbocycles. The van der Waals surface area contributed by atoms with Crippen LogP contribution in [0, 0.1) is 0 Å². The van der Waals surface area contributed by atoms with Gasteiger partial charge in [0.2, 0.25) is 0 Å². The van der Waals surface area contributed by atoms with E-state index in [0.29, 0.717) is 35.3 Å². The fourth-order valence-electron chi connectivity index (χ4n) is 3.95. The van der Waals surface area contributed by atoms with Crippen LogP contribution in [0.25, 0.3) is 23.0 Å². The van der Waals surface area contributed by atoms with Gasteiger partial charge >= 0.3 is 0 Å². The number of ether oxygens (including phenoxy) is 1. The second-order valence-electron chi connectivity index (χ2n) is 7.50. The number of methoxy groups -OCH3 is 1. The van der Waals surface area contributed by atoms with Gasteiger partial charge in [-0.1, -0.05) is 11.5 Å². The average Bonchev–Trinajstić information content (AvgIpc) is 3.54. The molecule has 156 valence electrons. The molecule has 0 fully saturated rings. The lowest BCUT2D eigenvalue weighted by Gasteiger charge is -2.30. The van der Waals surface area contributed by atoms with E-state index < -0.39 is 0 Å². The number of hydrogen-bond acceptors (Lipinski definition) is 7. The summed E-state index contributed by atoms with van der Waals surface area (Å²) in [6.07, 6.45) is 4.24. The molecule has 0 amide bonds. The maximum Gasteiger partial charge on any atom is 0.192 e. The molecule has 0 aliphatic carbocycles. The lowest BCUT2D eigenvalue weighted by atomic mass is 9.84. The van der Waals surface area contributed by atoms with Crippen molar-refractivity contribution in [2.75, 3.05) is 25.9 Å². The third-order valence-electron chi connectivity index (χ3n) is 5.70. The van der Waals surface area contributed by atoms with Crippen molar-refractivity contribution in [3.05, 3.63) is 47.9 Å². The number of anilines is 1. The van der Waals surface area contributed by atoms with E-state index in [-0.39, 0.29) is 0 Å². The summed E-state index contributed by atoms with van der Waals surface area (Å²) in [7, 11) is 7.94. The maximum atomic E-state index is 6.35. The molecule has 3 aromatic heterocycles. The van der Waals surface area contributed by atoms with Crippen molar-refractivity contribution < 1.29 is 9.15 Å². The summed E-state index contributed by atoms with van der Waals surface area (Å²) in [6, 6.07) is 7.66. The second kappa shape index (κ2) is 7.95. The normalized spacial score (nSPS) is 14.0. The molecule has 0 unspecified atom stereocenters. The van der Waals surface area contributed by atoms with Crippen LogP contribution in [0.1, 0.15) is 11.1 Å². The van der Waals surface area contributed by atoms with Crippen LogP contribution in [0.4, 0.5) is 5.82 Å². The molecule has 9 nitrogen and oxygen atoms in total. The SMILES string of the molecule is [B]c1c(OC)ccc2c1CN(CCn1ncc(-c3n[nH]c(-c4ccco4)n3)c1N)CC2. The summed E-state index contributed by atoms with van der Waals surface area (Å²) in [5, 5.41) is 11.6. The van der Waals surface area contributed by atoms with E-state index in [1.807, 2.05) is 12.1 Å². The fraction of sp³-hybridized carbons (Fsp3) is 0.286. The Bertz CT molecular complexity index is 1200. The number of aromatic amines is 1. The number of rotatable bonds is 6. The first-order valence-electron chi connectivity index (χ1n) is 10.1. The standard InChI is InChI=1S/C21H22BN7O2/c1-30-16-5-4-13-6-7-28(12-15(13)18(16)22)8-9-29-19(23)14(11-24-29)20-25-21(27-26-20)17-3-2-10-31-17/h2-5,10-11H,6-9,12,23H2,1H3,(H,25,26,27). The molecule has 1 aliphatic rings.